The van der Waals surface area contributed by atoms with Gasteiger partial charge in [-0.05, 0) is 13.8 Å². The van der Waals surface area contributed by atoms with Gasteiger partial charge in [0.05, 0.1) is 13.2 Å². The van der Waals surface area contributed by atoms with Crippen molar-refractivity contribution in [3.63, 3.8) is 0 Å². The number of hydrogen-bond donors (Lipinski definition) is 0. The van der Waals surface area contributed by atoms with E-state index in [9.17, 15) is 9.36 Å². The van der Waals surface area contributed by atoms with Crippen LogP contribution in [0.5, 0.6) is 0 Å². The van der Waals surface area contributed by atoms with Gasteiger partial charge in [0.25, 0.3) is 0 Å². The molecule has 0 fully saturated rings. The van der Waals surface area contributed by atoms with Gasteiger partial charge in [0.15, 0.2) is 0 Å². The van der Waals surface area contributed by atoms with Crippen molar-refractivity contribution in [3.8, 4) is 0 Å². The topological polar surface area (TPSA) is 61.8 Å². The molecule has 0 heterocycles. The molecule has 0 aromatic carbocycles. The highest BCUT2D eigenvalue weighted by molar-refractivity contribution is 7.55. The third-order valence-corrected chi connectivity index (χ3v) is 4.93. The average Bonchev–Trinajstić information content (AvgIpc) is 2.24. The van der Waals surface area contributed by atoms with Crippen molar-refractivity contribution in [1.82, 2.24) is 0 Å². The molecule has 18 heavy (non-hydrogen) atoms. The predicted molar refractivity (Wildman–Crippen MR) is 71.2 cm³/mol. The van der Waals surface area contributed by atoms with E-state index < -0.39 is 23.2 Å². The standard InChI is InChI=1S/C9H14Cl3O5P/c1-4-7(13)17-8(9(10,11)12)18(14,15-5-2)16-6-3/h4,8H,1,5-6H2,2-3H3. The van der Waals surface area contributed by atoms with Crippen LogP contribution in [0.15, 0.2) is 12.7 Å². The predicted octanol–water partition coefficient (Wildman–Crippen LogP) is 3.68. The summed E-state index contributed by atoms with van der Waals surface area (Å²) in [5, 5.41) is 0. The van der Waals surface area contributed by atoms with Gasteiger partial charge in [0, 0.05) is 6.08 Å². The molecule has 0 radical (unpaired) electrons. The second-order valence-electron chi connectivity index (χ2n) is 2.91. The van der Waals surface area contributed by atoms with Gasteiger partial charge in [0.1, 0.15) is 0 Å². The lowest BCUT2D eigenvalue weighted by atomic mass is 10.6. The van der Waals surface area contributed by atoms with Crippen LogP contribution in [0.1, 0.15) is 13.8 Å². The number of carbonyl (C=O) groups excluding carboxylic acids is 1. The molecule has 9 heteroatoms. The molecule has 0 saturated carbocycles. The molecule has 0 aromatic rings. The zero-order chi connectivity index (χ0) is 14.4. The molecule has 0 amide bonds. The number of rotatable bonds is 7. The normalized spacial score (nSPS) is 14.1. The molecule has 0 aromatic heterocycles. The van der Waals surface area contributed by atoms with Gasteiger partial charge in [-0.2, -0.15) is 0 Å². The molecule has 1 unspecified atom stereocenters. The Morgan fingerprint density at radius 2 is 1.78 bits per heavy atom. The summed E-state index contributed by atoms with van der Waals surface area (Å²) in [5.41, 5.74) is 0. The van der Waals surface area contributed by atoms with E-state index in [1.54, 1.807) is 13.8 Å². The molecule has 0 saturated heterocycles. The minimum absolute atomic E-state index is 0.0418. The van der Waals surface area contributed by atoms with E-state index in [-0.39, 0.29) is 13.2 Å². The Bertz CT molecular complexity index is 332. The van der Waals surface area contributed by atoms with Gasteiger partial charge in [-0.3, -0.25) is 4.57 Å². The van der Waals surface area contributed by atoms with Gasteiger partial charge in [-0.25, -0.2) is 4.79 Å². The molecule has 0 bridgehead atoms. The smallest absolute Gasteiger partial charge is 0.375 e. The summed E-state index contributed by atoms with van der Waals surface area (Å²) in [4.78, 5) is 11.2. The van der Waals surface area contributed by atoms with Crippen LogP contribution in [-0.2, 0) is 23.1 Å². The van der Waals surface area contributed by atoms with Crippen molar-refractivity contribution < 1.29 is 23.1 Å². The first kappa shape index (κ1) is 18.2. The Hall–Kier alpha value is 0.230. The van der Waals surface area contributed by atoms with Crippen molar-refractivity contribution in [1.29, 1.82) is 0 Å². The number of hydrogen-bond acceptors (Lipinski definition) is 5. The number of ether oxygens (including phenoxy) is 1. The number of esters is 1. The lowest BCUT2D eigenvalue weighted by Gasteiger charge is -2.29. The first-order chi connectivity index (χ1) is 8.21. The molecule has 0 aliphatic heterocycles. The fourth-order valence-electron chi connectivity index (χ4n) is 1.00. The van der Waals surface area contributed by atoms with E-state index in [0.29, 0.717) is 0 Å². The highest BCUT2D eigenvalue weighted by Gasteiger charge is 2.51. The number of carbonyl (C=O) groups is 1. The molecule has 0 aliphatic rings. The van der Waals surface area contributed by atoms with Crippen LogP contribution in [0.4, 0.5) is 0 Å². The van der Waals surface area contributed by atoms with Gasteiger partial charge in [-0.1, -0.05) is 41.4 Å². The Kier molecular flexibility index (Phi) is 7.83. The maximum Gasteiger partial charge on any atom is 0.375 e. The van der Waals surface area contributed by atoms with Crippen molar-refractivity contribution in [3.05, 3.63) is 12.7 Å². The maximum absolute atomic E-state index is 12.4. The van der Waals surface area contributed by atoms with Gasteiger partial charge in [0.2, 0.25) is 9.64 Å². The molecule has 5 nitrogen and oxygen atoms in total. The Morgan fingerprint density at radius 1 is 1.33 bits per heavy atom. The van der Waals surface area contributed by atoms with Crippen molar-refractivity contribution in [2.45, 2.75) is 23.5 Å². The van der Waals surface area contributed by atoms with Crippen LogP contribution < -0.4 is 0 Å². The Labute approximate surface area is 121 Å². The van der Waals surface area contributed by atoms with Crippen LogP contribution in [0.2, 0.25) is 0 Å². The molecular formula is C9H14Cl3O5P. The van der Waals surface area contributed by atoms with Crippen molar-refractivity contribution in [2.24, 2.45) is 0 Å². The number of halogens is 3. The largest absolute Gasteiger partial charge is 0.441 e. The zero-order valence-corrected chi connectivity index (χ0v) is 13.1. The molecule has 0 spiro atoms. The highest BCUT2D eigenvalue weighted by Crippen LogP contribution is 2.60. The fourth-order valence-corrected chi connectivity index (χ4v) is 3.87. The Balaban J connectivity index is 5.30. The van der Waals surface area contributed by atoms with Crippen molar-refractivity contribution in [2.75, 3.05) is 13.2 Å². The molecule has 106 valence electrons. The van der Waals surface area contributed by atoms with Crippen LogP contribution in [0.3, 0.4) is 0 Å². The lowest BCUT2D eigenvalue weighted by Crippen LogP contribution is -2.32. The molecule has 1 atom stereocenters. The maximum atomic E-state index is 12.4. The first-order valence-corrected chi connectivity index (χ1v) is 7.74. The van der Waals surface area contributed by atoms with E-state index in [1.807, 2.05) is 0 Å². The average molecular weight is 340 g/mol. The van der Waals surface area contributed by atoms with Gasteiger partial charge in [-0.15, -0.1) is 0 Å². The summed E-state index contributed by atoms with van der Waals surface area (Å²) in [5.74, 6) is -2.56. The molecule has 0 N–H and O–H groups in total. The van der Waals surface area contributed by atoms with Crippen LogP contribution >= 0.6 is 42.4 Å². The SMILES string of the molecule is C=CC(=O)OC(C(Cl)(Cl)Cl)P(=O)(OCC)OCC. The summed E-state index contributed by atoms with van der Waals surface area (Å²) in [7, 11) is -3.90. The second-order valence-corrected chi connectivity index (χ2v) is 7.34. The molecule has 0 rings (SSSR count). The van der Waals surface area contributed by atoms with Crippen LogP contribution in [0, 0.1) is 0 Å². The van der Waals surface area contributed by atoms with E-state index in [2.05, 4.69) is 6.58 Å². The fraction of sp³-hybridized carbons (Fsp3) is 0.667. The summed E-state index contributed by atoms with van der Waals surface area (Å²) in [6, 6.07) is 0. The van der Waals surface area contributed by atoms with E-state index in [1.165, 1.54) is 0 Å². The minimum Gasteiger partial charge on any atom is -0.441 e. The molecule has 0 aliphatic carbocycles. The van der Waals surface area contributed by atoms with Crippen molar-refractivity contribution >= 4 is 48.4 Å². The minimum atomic E-state index is -3.90. The lowest BCUT2D eigenvalue weighted by molar-refractivity contribution is -0.140. The van der Waals surface area contributed by atoms with E-state index in [4.69, 9.17) is 48.6 Å². The summed E-state index contributed by atoms with van der Waals surface area (Å²) in [6.45, 7) is 6.44. The Morgan fingerprint density at radius 3 is 2.06 bits per heavy atom. The summed E-state index contributed by atoms with van der Waals surface area (Å²) >= 11 is 16.9. The monoisotopic (exact) mass is 338 g/mol. The van der Waals surface area contributed by atoms with E-state index >= 15 is 0 Å². The van der Waals surface area contributed by atoms with Crippen LogP contribution in [0.25, 0.3) is 0 Å². The van der Waals surface area contributed by atoms with Gasteiger partial charge < -0.3 is 13.8 Å². The number of alkyl halides is 3. The van der Waals surface area contributed by atoms with Crippen LogP contribution in [-0.4, -0.2) is 28.8 Å². The summed E-state index contributed by atoms with van der Waals surface area (Å²) in [6.07, 6.45) is 0.853. The first-order valence-electron chi connectivity index (χ1n) is 4.99. The third-order valence-electron chi connectivity index (χ3n) is 1.58. The van der Waals surface area contributed by atoms with Gasteiger partial charge >= 0.3 is 13.6 Å². The highest BCUT2D eigenvalue weighted by atomic mass is 35.6. The molecular weight excluding hydrogens is 325 g/mol. The zero-order valence-electron chi connectivity index (χ0n) is 9.90. The third kappa shape index (κ3) is 5.47. The second kappa shape index (κ2) is 7.73. The summed E-state index contributed by atoms with van der Waals surface area (Å²) < 4.78 is 25.0. The quantitative estimate of drug-likeness (QED) is 0.306. The van der Waals surface area contributed by atoms with E-state index in [0.717, 1.165) is 6.08 Å².